The molecular weight excluding hydrogens is 326 g/mol. The fourth-order valence-corrected chi connectivity index (χ4v) is 1.68. The second-order valence-electron chi connectivity index (χ2n) is 3.86. The number of rotatable bonds is 2. The molecule has 2 aromatic rings. The number of aromatic nitrogens is 1. The van der Waals surface area contributed by atoms with Gasteiger partial charge in [-0.25, -0.2) is 0 Å². The first kappa shape index (κ1) is 14.0. The maximum absolute atomic E-state index is 11.7. The van der Waals surface area contributed by atoms with E-state index in [0.717, 1.165) is 4.47 Å². The van der Waals surface area contributed by atoms with E-state index in [1.54, 1.807) is 24.3 Å². The summed E-state index contributed by atoms with van der Waals surface area (Å²) in [6.45, 7) is 0. The van der Waals surface area contributed by atoms with Crippen molar-refractivity contribution in [3.8, 4) is 0 Å². The highest BCUT2D eigenvalue weighted by atomic mass is 79.9. The van der Waals surface area contributed by atoms with E-state index in [-0.39, 0.29) is 11.1 Å². The Balaban J connectivity index is 1.96. The summed E-state index contributed by atoms with van der Waals surface area (Å²) in [5.74, 6) is -0.956. The van der Waals surface area contributed by atoms with Crippen molar-refractivity contribution in [1.82, 2.24) is 15.8 Å². The van der Waals surface area contributed by atoms with Gasteiger partial charge in [0.25, 0.3) is 11.8 Å². The van der Waals surface area contributed by atoms with Crippen molar-refractivity contribution in [2.45, 2.75) is 0 Å². The van der Waals surface area contributed by atoms with Crippen LogP contribution < -0.4 is 16.4 Å². The summed E-state index contributed by atoms with van der Waals surface area (Å²) in [6, 6.07) is 9.26. The third-order valence-electron chi connectivity index (χ3n) is 2.44. The highest BCUT2D eigenvalue weighted by Crippen LogP contribution is 2.10. The Hall–Kier alpha value is -2.41. The molecule has 102 valence electrons. The van der Waals surface area contributed by atoms with Crippen LogP contribution in [-0.2, 0) is 0 Å². The van der Waals surface area contributed by atoms with Crippen LogP contribution in [0.15, 0.2) is 51.9 Å². The number of amides is 2. The second kappa shape index (κ2) is 6.16. The Labute approximate surface area is 122 Å². The zero-order valence-electron chi connectivity index (χ0n) is 10.1. The van der Waals surface area contributed by atoms with Gasteiger partial charge in [0.1, 0.15) is 0 Å². The fraction of sp³-hybridized carbons (Fsp3) is 0. The second-order valence-corrected chi connectivity index (χ2v) is 4.77. The van der Waals surface area contributed by atoms with Crippen LogP contribution in [-0.4, -0.2) is 16.8 Å². The first-order valence-electron chi connectivity index (χ1n) is 5.61. The van der Waals surface area contributed by atoms with Gasteiger partial charge in [0.05, 0.1) is 5.56 Å². The van der Waals surface area contributed by atoms with E-state index in [9.17, 15) is 14.4 Å². The number of halogens is 1. The van der Waals surface area contributed by atoms with E-state index < -0.39 is 11.8 Å². The van der Waals surface area contributed by atoms with Crippen LogP contribution in [0, 0.1) is 0 Å². The number of nitrogens with one attached hydrogen (secondary N) is 3. The first-order chi connectivity index (χ1) is 9.56. The summed E-state index contributed by atoms with van der Waals surface area (Å²) in [7, 11) is 0. The van der Waals surface area contributed by atoms with Crippen LogP contribution in [0.25, 0.3) is 0 Å². The molecular formula is C13H10BrN3O3. The van der Waals surface area contributed by atoms with Crippen LogP contribution in [0.3, 0.4) is 0 Å². The third-order valence-corrected chi connectivity index (χ3v) is 2.97. The van der Waals surface area contributed by atoms with Crippen LogP contribution in [0.5, 0.6) is 0 Å². The maximum atomic E-state index is 11.7. The number of carbonyl (C=O) groups excluding carboxylic acids is 2. The first-order valence-corrected chi connectivity index (χ1v) is 6.40. The number of hydrogen-bond donors (Lipinski definition) is 3. The normalized spacial score (nSPS) is 9.85. The summed E-state index contributed by atoms with van der Waals surface area (Å²) < 4.78 is 0.853. The van der Waals surface area contributed by atoms with Crippen molar-refractivity contribution in [1.29, 1.82) is 0 Å². The molecule has 1 aromatic heterocycles. The van der Waals surface area contributed by atoms with E-state index in [2.05, 4.69) is 31.8 Å². The van der Waals surface area contributed by atoms with Gasteiger partial charge in [0.15, 0.2) is 0 Å². The third kappa shape index (κ3) is 3.55. The Morgan fingerprint density at radius 1 is 0.900 bits per heavy atom. The molecule has 0 saturated carbocycles. The average molecular weight is 336 g/mol. The molecule has 0 saturated heterocycles. The van der Waals surface area contributed by atoms with Crippen LogP contribution >= 0.6 is 15.9 Å². The summed E-state index contributed by atoms with van der Waals surface area (Å²) in [6.07, 6.45) is 1.27. The quantitative estimate of drug-likeness (QED) is 0.720. The van der Waals surface area contributed by atoms with Gasteiger partial charge in [-0.05, 0) is 30.3 Å². The van der Waals surface area contributed by atoms with Crippen molar-refractivity contribution in [2.24, 2.45) is 0 Å². The number of carbonyl (C=O) groups is 2. The van der Waals surface area contributed by atoms with Crippen molar-refractivity contribution >= 4 is 27.7 Å². The van der Waals surface area contributed by atoms with Crippen LogP contribution in [0.1, 0.15) is 20.7 Å². The average Bonchev–Trinajstić information content (AvgIpc) is 2.46. The minimum absolute atomic E-state index is 0.237. The highest BCUT2D eigenvalue weighted by molar-refractivity contribution is 9.10. The van der Waals surface area contributed by atoms with Crippen molar-refractivity contribution < 1.29 is 9.59 Å². The molecule has 0 unspecified atom stereocenters. The van der Waals surface area contributed by atoms with Crippen molar-refractivity contribution in [3.63, 3.8) is 0 Å². The van der Waals surface area contributed by atoms with Gasteiger partial charge in [-0.3, -0.25) is 25.2 Å². The van der Waals surface area contributed by atoms with E-state index >= 15 is 0 Å². The molecule has 1 aromatic carbocycles. The molecule has 0 aliphatic carbocycles. The van der Waals surface area contributed by atoms with E-state index in [0.29, 0.717) is 5.56 Å². The molecule has 6 nitrogen and oxygen atoms in total. The topological polar surface area (TPSA) is 91.1 Å². The van der Waals surface area contributed by atoms with Crippen molar-refractivity contribution in [2.75, 3.05) is 0 Å². The van der Waals surface area contributed by atoms with Gasteiger partial charge in [0, 0.05) is 22.3 Å². The molecule has 0 radical (unpaired) electrons. The van der Waals surface area contributed by atoms with Gasteiger partial charge in [-0.2, -0.15) is 0 Å². The van der Waals surface area contributed by atoms with Gasteiger partial charge in [0.2, 0.25) is 5.56 Å². The number of hydrogen-bond acceptors (Lipinski definition) is 3. The molecule has 7 heteroatoms. The standard InChI is InChI=1S/C13H10BrN3O3/c14-10-4-1-8(2-5-10)12(19)16-17-13(20)9-3-6-11(18)15-7-9/h1-7H,(H,15,18)(H,16,19)(H,17,20). The summed E-state index contributed by atoms with van der Waals surface area (Å²) in [4.78, 5) is 36.7. The molecule has 0 bridgehead atoms. The van der Waals surface area contributed by atoms with E-state index in [4.69, 9.17) is 0 Å². The lowest BCUT2D eigenvalue weighted by Gasteiger charge is -2.07. The van der Waals surface area contributed by atoms with Gasteiger partial charge in [-0.15, -0.1) is 0 Å². The van der Waals surface area contributed by atoms with Crippen LogP contribution in [0.2, 0.25) is 0 Å². The molecule has 0 fully saturated rings. The fourth-order valence-electron chi connectivity index (χ4n) is 1.41. The Morgan fingerprint density at radius 2 is 1.45 bits per heavy atom. The largest absolute Gasteiger partial charge is 0.328 e. The number of H-pyrrole nitrogens is 1. The molecule has 1 heterocycles. The Kier molecular flexibility index (Phi) is 4.31. The smallest absolute Gasteiger partial charge is 0.271 e. The van der Waals surface area contributed by atoms with E-state index in [1.807, 2.05) is 0 Å². The predicted octanol–water partition coefficient (Wildman–Crippen LogP) is 1.21. The number of hydrazine groups is 1. The minimum atomic E-state index is -0.522. The van der Waals surface area contributed by atoms with Gasteiger partial charge in [-0.1, -0.05) is 15.9 Å². The van der Waals surface area contributed by atoms with Gasteiger partial charge >= 0.3 is 0 Å². The SMILES string of the molecule is O=C(NNC(=O)c1ccc(=O)[nH]c1)c1ccc(Br)cc1. The lowest BCUT2D eigenvalue weighted by atomic mass is 10.2. The predicted molar refractivity (Wildman–Crippen MR) is 76.1 cm³/mol. The van der Waals surface area contributed by atoms with Crippen LogP contribution in [0.4, 0.5) is 0 Å². The molecule has 0 atom stereocenters. The van der Waals surface area contributed by atoms with E-state index in [1.165, 1.54) is 18.3 Å². The molecule has 20 heavy (non-hydrogen) atoms. The monoisotopic (exact) mass is 335 g/mol. The lowest BCUT2D eigenvalue weighted by molar-refractivity contribution is 0.0846. The summed E-state index contributed by atoms with van der Waals surface area (Å²) in [5, 5.41) is 0. The Bertz CT molecular complexity index is 674. The zero-order chi connectivity index (χ0) is 14.5. The molecule has 0 spiro atoms. The maximum Gasteiger partial charge on any atom is 0.271 e. The molecule has 3 N–H and O–H groups in total. The lowest BCUT2D eigenvalue weighted by Crippen LogP contribution is -2.41. The minimum Gasteiger partial charge on any atom is -0.328 e. The Morgan fingerprint density at radius 3 is 2.00 bits per heavy atom. The molecule has 2 amide bonds. The number of aromatic amines is 1. The van der Waals surface area contributed by atoms with Crippen molar-refractivity contribution in [3.05, 3.63) is 68.5 Å². The number of pyridine rings is 1. The van der Waals surface area contributed by atoms with Gasteiger partial charge < -0.3 is 4.98 Å². The highest BCUT2D eigenvalue weighted by Gasteiger charge is 2.08. The zero-order valence-corrected chi connectivity index (χ0v) is 11.7. The summed E-state index contributed by atoms with van der Waals surface area (Å²) in [5.41, 5.74) is 4.89. The molecule has 0 aliphatic heterocycles. The number of benzene rings is 1. The molecule has 0 aliphatic rings. The summed E-state index contributed by atoms with van der Waals surface area (Å²) >= 11 is 3.26. The molecule has 2 rings (SSSR count).